The van der Waals surface area contributed by atoms with E-state index in [-0.39, 0.29) is 25.7 Å². The molecule has 0 aromatic rings. The van der Waals surface area contributed by atoms with Gasteiger partial charge in [0.2, 0.25) is 0 Å². The quantitative estimate of drug-likeness (QED) is 0.0222. The molecule has 3 N–H and O–H groups in total. The molecule has 0 saturated heterocycles. The van der Waals surface area contributed by atoms with Gasteiger partial charge in [0.05, 0.1) is 26.4 Å². The van der Waals surface area contributed by atoms with Crippen LogP contribution >= 0.6 is 15.6 Å². The second-order valence-electron chi connectivity index (χ2n) is 31.8. The fourth-order valence-corrected chi connectivity index (χ4v) is 15.2. The summed E-state index contributed by atoms with van der Waals surface area (Å²) in [7, 11) is -9.93. The van der Waals surface area contributed by atoms with Gasteiger partial charge in [-0.3, -0.25) is 37.3 Å². The van der Waals surface area contributed by atoms with Crippen LogP contribution in [0.5, 0.6) is 0 Å². The van der Waals surface area contributed by atoms with Gasteiger partial charge in [0.25, 0.3) is 0 Å². The van der Waals surface area contributed by atoms with Gasteiger partial charge in [-0.15, -0.1) is 0 Å². The highest BCUT2D eigenvalue weighted by Gasteiger charge is 2.30. The molecule has 106 heavy (non-hydrogen) atoms. The Morgan fingerprint density at radius 2 is 0.434 bits per heavy atom. The number of hydrogen-bond donors (Lipinski definition) is 3. The molecule has 0 aliphatic rings. The monoisotopic (exact) mass is 1550 g/mol. The van der Waals surface area contributed by atoms with Crippen LogP contribution < -0.4 is 0 Å². The lowest BCUT2D eigenvalue weighted by atomic mass is 10.0. The Morgan fingerprint density at radius 1 is 0.255 bits per heavy atom. The van der Waals surface area contributed by atoms with Crippen LogP contribution in [0.15, 0.2) is 0 Å². The van der Waals surface area contributed by atoms with E-state index in [1.807, 2.05) is 0 Å². The van der Waals surface area contributed by atoms with Crippen molar-refractivity contribution in [1.82, 2.24) is 0 Å². The number of esters is 4. The smallest absolute Gasteiger partial charge is 0.462 e. The number of carbonyl (C=O) groups excluding carboxylic acids is 4. The largest absolute Gasteiger partial charge is 0.472 e. The second kappa shape index (κ2) is 79.7. The van der Waals surface area contributed by atoms with Crippen LogP contribution in [-0.2, 0) is 65.4 Å². The Bertz CT molecular complexity index is 2010. The van der Waals surface area contributed by atoms with Crippen molar-refractivity contribution in [3.05, 3.63) is 0 Å². The van der Waals surface area contributed by atoms with Crippen molar-refractivity contribution in [2.24, 2.45) is 5.92 Å². The van der Waals surface area contributed by atoms with Crippen molar-refractivity contribution >= 4 is 39.5 Å². The average molecular weight is 1550 g/mol. The Hall–Kier alpha value is -1.94. The Morgan fingerprint density at radius 3 is 0.642 bits per heavy atom. The summed E-state index contributed by atoms with van der Waals surface area (Å²) in [6, 6.07) is 0. The number of aliphatic hydroxyl groups excluding tert-OH is 1. The van der Waals surface area contributed by atoms with Gasteiger partial charge in [0, 0.05) is 25.7 Å². The van der Waals surface area contributed by atoms with Crippen molar-refractivity contribution in [2.45, 2.75) is 490 Å². The third-order valence-electron chi connectivity index (χ3n) is 20.5. The molecule has 19 heteroatoms. The Kier molecular flexibility index (Phi) is 78.2. The van der Waals surface area contributed by atoms with Gasteiger partial charge in [-0.25, -0.2) is 9.13 Å². The van der Waals surface area contributed by atoms with E-state index in [1.54, 1.807) is 0 Å². The maximum Gasteiger partial charge on any atom is 0.472 e. The van der Waals surface area contributed by atoms with Crippen LogP contribution in [0.2, 0.25) is 0 Å². The molecule has 0 aliphatic heterocycles. The van der Waals surface area contributed by atoms with Crippen molar-refractivity contribution in [3.8, 4) is 0 Å². The van der Waals surface area contributed by atoms with Crippen molar-refractivity contribution in [2.75, 3.05) is 39.6 Å². The van der Waals surface area contributed by atoms with E-state index in [2.05, 4.69) is 34.6 Å². The molecular weight excluding hydrogens is 1380 g/mol. The molecule has 0 amide bonds. The van der Waals surface area contributed by atoms with Crippen molar-refractivity contribution < 1.29 is 80.2 Å². The minimum Gasteiger partial charge on any atom is -0.462 e. The standard InChI is InChI=1S/C87H170O17P2/c1-6-9-12-15-18-21-24-26-28-29-30-31-35-39-42-46-51-56-61-66-71-85(90)98-77-83(104-87(92)73-68-63-58-53-48-44-40-36-33-32-34-38-41-45-49-54-59-64-69-80(4)5)79-102-106(95,96)100-75-81(88)74-99-105(93,94)101-78-82(76-97-84(89)70-65-60-55-50-23-20-17-14-11-8-3)103-86(91)72-67-62-57-52-47-43-37-27-25-22-19-16-13-10-7-2/h80-83,88H,6-79H2,1-5H3,(H,93,94)(H,95,96)/t81-,82+,83+/m0/s1. The lowest BCUT2D eigenvalue weighted by Gasteiger charge is -2.21. The van der Waals surface area contributed by atoms with E-state index in [4.69, 9.17) is 37.0 Å². The molecule has 2 unspecified atom stereocenters. The summed E-state index contributed by atoms with van der Waals surface area (Å²) in [5.74, 6) is -1.28. The summed E-state index contributed by atoms with van der Waals surface area (Å²) >= 11 is 0. The van der Waals surface area contributed by atoms with Crippen LogP contribution in [0.4, 0.5) is 0 Å². The van der Waals surface area contributed by atoms with E-state index in [0.29, 0.717) is 25.7 Å². The minimum atomic E-state index is -4.97. The van der Waals surface area contributed by atoms with E-state index in [1.165, 1.54) is 295 Å². The van der Waals surface area contributed by atoms with E-state index >= 15 is 0 Å². The normalized spacial score (nSPS) is 13.7. The zero-order valence-corrected chi connectivity index (χ0v) is 71.4. The fraction of sp³-hybridized carbons (Fsp3) is 0.954. The predicted octanol–water partition coefficient (Wildman–Crippen LogP) is 26.8. The topological polar surface area (TPSA) is 237 Å². The number of phosphoric ester groups is 2. The lowest BCUT2D eigenvalue weighted by Crippen LogP contribution is -2.30. The first-order valence-electron chi connectivity index (χ1n) is 45.1. The molecule has 0 spiro atoms. The molecule has 0 aliphatic carbocycles. The fourth-order valence-electron chi connectivity index (χ4n) is 13.6. The van der Waals surface area contributed by atoms with E-state index < -0.39 is 97.5 Å². The lowest BCUT2D eigenvalue weighted by molar-refractivity contribution is -0.161. The first-order chi connectivity index (χ1) is 51.5. The molecule has 5 atom stereocenters. The van der Waals surface area contributed by atoms with Crippen molar-refractivity contribution in [1.29, 1.82) is 0 Å². The van der Waals surface area contributed by atoms with Gasteiger partial charge in [-0.2, -0.15) is 0 Å². The maximum absolute atomic E-state index is 13.2. The Labute approximate surface area is 651 Å². The SMILES string of the molecule is CCCCCCCCCCCCCCCCCCCCCCC(=O)OC[C@H](COP(=O)(O)OC[C@@H](O)COP(=O)(O)OC[C@@H](COC(=O)CCCCCCCCCCCC)OC(=O)CCCCCCCCCCCCCCCCC)OC(=O)CCCCCCCCCCCCCCCCCCCCC(C)C. The number of rotatable bonds is 87. The number of ether oxygens (including phenoxy) is 4. The molecule has 0 bridgehead atoms. The highest BCUT2D eigenvalue weighted by atomic mass is 31.2. The molecule has 0 aromatic heterocycles. The zero-order valence-electron chi connectivity index (χ0n) is 69.6. The second-order valence-corrected chi connectivity index (χ2v) is 34.7. The molecule has 0 aromatic carbocycles. The van der Waals surface area contributed by atoms with Crippen molar-refractivity contribution in [3.63, 3.8) is 0 Å². The van der Waals surface area contributed by atoms with Gasteiger partial charge < -0.3 is 33.8 Å². The molecule has 0 rings (SSSR count). The first kappa shape index (κ1) is 104. The van der Waals surface area contributed by atoms with Crippen LogP contribution in [0.1, 0.15) is 471 Å². The highest BCUT2D eigenvalue weighted by Crippen LogP contribution is 2.45. The number of phosphoric acid groups is 2. The van der Waals surface area contributed by atoms with E-state index in [0.717, 1.165) is 95.8 Å². The highest BCUT2D eigenvalue weighted by molar-refractivity contribution is 7.47. The van der Waals surface area contributed by atoms with Gasteiger partial charge >= 0.3 is 39.5 Å². The minimum absolute atomic E-state index is 0.109. The summed E-state index contributed by atoms with van der Waals surface area (Å²) in [5.41, 5.74) is 0. The summed E-state index contributed by atoms with van der Waals surface area (Å²) in [4.78, 5) is 73.2. The summed E-state index contributed by atoms with van der Waals surface area (Å²) < 4.78 is 68.9. The number of carbonyl (C=O) groups is 4. The molecule has 0 saturated carbocycles. The van der Waals surface area contributed by atoms with Crippen LogP contribution in [-0.4, -0.2) is 96.7 Å². The molecule has 0 radical (unpaired) electrons. The predicted molar refractivity (Wildman–Crippen MR) is 437 cm³/mol. The van der Waals surface area contributed by atoms with Crippen LogP contribution in [0.3, 0.4) is 0 Å². The van der Waals surface area contributed by atoms with Gasteiger partial charge in [-0.05, 0) is 31.6 Å². The van der Waals surface area contributed by atoms with Gasteiger partial charge in [-0.1, -0.05) is 420 Å². The average Bonchev–Trinajstić information content (AvgIpc) is 0.901. The molecular formula is C87H170O17P2. The molecule has 17 nitrogen and oxygen atoms in total. The Balaban J connectivity index is 5.21. The van der Waals surface area contributed by atoms with Gasteiger partial charge in [0.15, 0.2) is 12.2 Å². The maximum atomic E-state index is 13.2. The molecule has 630 valence electrons. The van der Waals surface area contributed by atoms with Crippen LogP contribution in [0, 0.1) is 5.92 Å². The summed E-state index contributed by atoms with van der Waals surface area (Å²) in [6.07, 6.45) is 73.6. The third-order valence-corrected chi connectivity index (χ3v) is 22.4. The zero-order chi connectivity index (χ0) is 77.6. The number of hydrogen-bond acceptors (Lipinski definition) is 15. The van der Waals surface area contributed by atoms with E-state index in [9.17, 15) is 43.2 Å². The summed E-state index contributed by atoms with van der Waals surface area (Å²) in [6.45, 7) is 7.40. The molecule has 0 heterocycles. The molecule has 0 fully saturated rings. The first-order valence-corrected chi connectivity index (χ1v) is 48.1. The number of aliphatic hydroxyl groups is 1. The van der Waals surface area contributed by atoms with Gasteiger partial charge in [0.1, 0.15) is 19.3 Å². The third kappa shape index (κ3) is 80.1. The number of unbranched alkanes of at least 4 members (excludes halogenated alkanes) is 59. The summed E-state index contributed by atoms with van der Waals surface area (Å²) in [5, 5.41) is 10.7. The van der Waals surface area contributed by atoms with Crippen LogP contribution in [0.25, 0.3) is 0 Å².